The zero-order valence-corrected chi connectivity index (χ0v) is 11.0. The van der Waals surface area contributed by atoms with Crippen LogP contribution in [0.15, 0.2) is 21.9 Å². The Hall–Kier alpha value is -0.303. The molecule has 0 amide bonds. The van der Waals surface area contributed by atoms with Crippen LogP contribution in [0.2, 0.25) is 19.6 Å². The van der Waals surface area contributed by atoms with Gasteiger partial charge < -0.3 is 0 Å². The first-order chi connectivity index (χ1) is 5.76. The molecule has 1 heteroatoms. The highest BCUT2D eigenvalue weighted by molar-refractivity contribution is 6.84. The molecule has 13 heavy (non-hydrogen) atoms. The molecule has 0 saturated carbocycles. The quantitative estimate of drug-likeness (QED) is 0.549. The van der Waals surface area contributed by atoms with Crippen LogP contribution in [0.3, 0.4) is 0 Å². The molecule has 0 aromatic heterocycles. The van der Waals surface area contributed by atoms with E-state index in [1.807, 2.05) is 0 Å². The fourth-order valence-corrected chi connectivity index (χ4v) is 4.97. The second-order valence-corrected chi connectivity index (χ2v) is 10.1. The third-order valence-electron chi connectivity index (χ3n) is 3.19. The van der Waals surface area contributed by atoms with Gasteiger partial charge in [-0.3, -0.25) is 0 Å². The van der Waals surface area contributed by atoms with Crippen molar-refractivity contribution in [3.05, 3.63) is 27.8 Å². The molecule has 73 valence electrons. The highest BCUT2D eigenvalue weighted by Gasteiger charge is 2.32. The van der Waals surface area contributed by atoms with Crippen molar-refractivity contribution in [3.63, 3.8) is 0 Å². The van der Waals surface area contributed by atoms with Crippen molar-refractivity contribution in [3.8, 4) is 0 Å². The molecule has 1 radical (unpaired) electrons. The second kappa shape index (κ2) is 3.12. The molecule has 0 aliphatic heterocycles. The van der Waals surface area contributed by atoms with Gasteiger partial charge in [-0.1, -0.05) is 42.9 Å². The summed E-state index contributed by atoms with van der Waals surface area (Å²) in [5.41, 5.74) is 4.57. The molecule has 0 aromatic carbocycles. The first-order valence-electron chi connectivity index (χ1n) is 5.00. The first kappa shape index (κ1) is 10.8. The zero-order chi connectivity index (χ0) is 10.4. The maximum absolute atomic E-state index is 2.43. The predicted octanol–water partition coefficient (Wildman–Crippen LogP) is 4.12. The smallest absolute Gasteiger partial charge is 0.0671 e. The minimum atomic E-state index is -1.13. The molecule has 1 rings (SSSR count). The summed E-state index contributed by atoms with van der Waals surface area (Å²) in [7, 11) is -1.13. The van der Waals surface area contributed by atoms with Crippen LogP contribution in [-0.2, 0) is 0 Å². The Morgan fingerprint density at radius 1 is 0.692 bits per heavy atom. The lowest BCUT2D eigenvalue weighted by atomic mass is 10.1. The van der Waals surface area contributed by atoms with Crippen molar-refractivity contribution < 1.29 is 0 Å². The van der Waals surface area contributed by atoms with Gasteiger partial charge in [0.2, 0.25) is 0 Å². The number of rotatable bonds is 1. The van der Waals surface area contributed by atoms with E-state index in [1.54, 1.807) is 16.7 Å². The second-order valence-electron chi connectivity index (χ2n) is 5.12. The maximum atomic E-state index is 2.43. The van der Waals surface area contributed by atoms with Gasteiger partial charge in [0.25, 0.3) is 0 Å². The molecule has 0 aromatic rings. The van der Waals surface area contributed by atoms with E-state index in [2.05, 4.69) is 47.3 Å². The summed E-state index contributed by atoms with van der Waals surface area (Å²) in [5, 5.41) is 1.68. The summed E-state index contributed by atoms with van der Waals surface area (Å²) in [6, 6.07) is 0. The van der Waals surface area contributed by atoms with Crippen LogP contribution in [-0.4, -0.2) is 8.07 Å². The van der Waals surface area contributed by atoms with E-state index in [1.165, 1.54) is 11.1 Å². The van der Waals surface area contributed by atoms with Gasteiger partial charge in [0.1, 0.15) is 0 Å². The van der Waals surface area contributed by atoms with Gasteiger partial charge >= 0.3 is 0 Å². The summed E-state index contributed by atoms with van der Waals surface area (Å²) >= 11 is 0. The van der Waals surface area contributed by atoms with E-state index in [-0.39, 0.29) is 0 Å². The Morgan fingerprint density at radius 2 is 1.15 bits per heavy atom. The highest BCUT2D eigenvalue weighted by Crippen LogP contribution is 2.42. The van der Waals surface area contributed by atoms with Gasteiger partial charge in [-0.25, -0.2) is 0 Å². The zero-order valence-electron chi connectivity index (χ0n) is 10.0. The number of hydrogen-bond donors (Lipinski definition) is 0. The number of allylic oxidation sites excluding steroid dienone is 4. The Labute approximate surface area is 83.7 Å². The summed E-state index contributed by atoms with van der Waals surface area (Å²) in [4.78, 5) is 0. The molecule has 0 heterocycles. The van der Waals surface area contributed by atoms with Crippen LogP contribution in [0.25, 0.3) is 0 Å². The third kappa shape index (κ3) is 1.67. The average molecular weight is 193 g/mol. The summed E-state index contributed by atoms with van der Waals surface area (Å²) in [6.45, 7) is 16.4. The van der Waals surface area contributed by atoms with Crippen molar-refractivity contribution in [2.45, 2.75) is 47.3 Å². The SMILES string of the molecule is C[C]1C(C)=C(C)C(C)=C1[Si](C)(C)C. The van der Waals surface area contributed by atoms with Gasteiger partial charge in [-0.2, -0.15) is 0 Å². The van der Waals surface area contributed by atoms with E-state index >= 15 is 0 Å². The van der Waals surface area contributed by atoms with Crippen molar-refractivity contribution >= 4 is 8.07 Å². The molecule has 0 saturated heterocycles. The lowest BCUT2D eigenvalue weighted by molar-refractivity contribution is 1.18. The van der Waals surface area contributed by atoms with Gasteiger partial charge in [-0.05, 0) is 26.3 Å². The molecule has 0 unspecified atom stereocenters. The number of hydrogen-bond acceptors (Lipinski definition) is 0. The molecule has 0 atom stereocenters. The maximum Gasteiger partial charge on any atom is 0.0739 e. The van der Waals surface area contributed by atoms with Gasteiger partial charge in [0, 0.05) is 5.92 Å². The van der Waals surface area contributed by atoms with Crippen LogP contribution in [0.5, 0.6) is 0 Å². The fraction of sp³-hybridized carbons (Fsp3) is 0.583. The van der Waals surface area contributed by atoms with E-state index in [9.17, 15) is 0 Å². The first-order valence-corrected chi connectivity index (χ1v) is 8.50. The Morgan fingerprint density at radius 3 is 1.31 bits per heavy atom. The largest absolute Gasteiger partial charge is 0.0739 e. The molecule has 0 bridgehead atoms. The van der Waals surface area contributed by atoms with Crippen LogP contribution in [0, 0.1) is 5.92 Å². The Kier molecular flexibility index (Phi) is 2.59. The summed E-state index contributed by atoms with van der Waals surface area (Å²) < 4.78 is 0. The van der Waals surface area contributed by atoms with Crippen LogP contribution >= 0.6 is 0 Å². The Bertz CT molecular complexity index is 287. The van der Waals surface area contributed by atoms with Crippen molar-refractivity contribution in [1.82, 2.24) is 0 Å². The Balaban J connectivity index is 3.19. The summed E-state index contributed by atoms with van der Waals surface area (Å²) in [5.74, 6) is 1.55. The van der Waals surface area contributed by atoms with Crippen molar-refractivity contribution in [1.29, 1.82) is 0 Å². The molecular formula is C12H21Si. The standard InChI is InChI=1S/C12H21Si/c1-8-9(2)11(4)12(10(8)3)13(5,6)7/h1-7H3. The van der Waals surface area contributed by atoms with Crippen LogP contribution < -0.4 is 0 Å². The van der Waals surface area contributed by atoms with E-state index in [0.717, 1.165) is 0 Å². The monoisotopic (exact) mass is 193 g/mol. The molecule has 0 N–H and O–H groups in total. The van der Waals surface area contributed by atoms with Crippen molar-refractivity contribution in [2.24, 2.45) is 0 Å². The van der Waals surface area contributed by atoms with Gasteiger partial charge in [0.15, 0.2) is 0 Å². The van der Waals surface area contributed by atoms with Crippen LogP contribution in [0.1, 0.15) is 27.7 Å². The fourth-order valence-electron chi connectivity index (χ4n) is 2.34. The molecule has 0 spiro atoms. The minimum absolute atomic E-state index is 1.13. The van der Waals surface area contributed by atoms with Crippen LogP contribution in [0.4, 0.5) is 0 Å². The van der Waals surface area contributed by atoms with E-state index < -0.39 is 8.07 Å². The minimum Gasteiger partial charge on any atom is -0.0671 e. The molecule has 1 aliphatic carbocycles. The lowest BCUT2D eigenvalue weighted by Gasteiger charge is -2.24. The van der Waals surface area contributed by atoms with E-state index in [4.69, 9.17) is 0 Å². The average Bonchev–Trinajstić information content (AvgIpc) is 2.14. The lowest BCUT2D eigenvalue weighted by Crippen LogP contribution is -2.27. The molecular weight excluding hydrogens is 172 g/mol. The van der Waals surface area contributed by atoms with E-state index in [0.29, 0.717) is 0 Å². The normalized spacial score (nSPS) is 20.5. The molecule has 1 aliphatic rings. The van der Waals surface area contributed by atoms with Crippen molar-refractivity contribution in [2.75, 3.05) is 0 Å². The summed E-state index contributed by atoms with van der Waals surface area (Å²) in [6.07, 6.45) is 0. The predicted molar refractivity (Wildman–Crippen MR) is 63.3 cm³/mol. The highest BCUT2D eigenvalue weighted by atomic mass is 28.3. The topological polar surface area (TPSA) is 0 Å². The molecule has 0 fully saturated rings. The molecule has 0 nitrogen and oxygen atoms in total. The third-order valence-corrected chi connectivity index (χ3v) is 5.44. The van der Waals surface area contributed by atoms with Gasteiger partial charge in [0.05, 0.1) is 8.07 Å². The van der Waals surface area contributed by atoms with Gasteiger partial charge in [-0.15, -0.1) is 0 Å².